The van der Waals surface area contributed by atoms with E-state index >= 15 is 0 Å². The van der Waals surface area contributed by atoms with Crippen molar-refractivity contribution in [3.63, 3.8) is 0 Å². The summed E-state index contributed by atoms with van der Waals surface area (Å²) in [6.45, 7) is 2.93. The molecule has 18 heavy (non-hydrogen) atoms. The van der Waals surface area contributed by atoms with Crippen LogP contribution < -0.4 is 5.32 Å². The zero-order valence-corrected chi connectivity index (χ0v) is 10.8. The molecular weight excluding hydrogens is 229 g/mol. The van der Waals surface area contributed by atoms with Crippen molar-refractivity contribution in [3.8, 4) is 6.07 Å². The first kappa shape index (κ1) is 12.8. The molecule has 1 aromatic rings. The van der Waals surface area contributed by atoms with Crippen molar-refractivity contribution in [3.05, 3.63) is 30.1 Å². The van der Waals surface area contributed by atoms with E-state index in [0.29, 0.717) is 24.6 Å². The van der Waals surface area contributed by atoms with Gasteiger partial charge in [-0.3, -0.25) is 0 Å². The number of anilines is 1. The Morgan fingerprint density at radius 2 is 2.22 bits per heavy atom. The zero-order valence-electron chi connectivity index (χ0n) is 10.8. The van der Waals surface area contributed by atoms with E-state index in [0.717, 1.165) is 6.54 Å². The van der Waals surface area contributed by atoms with Crippen LogP contribution in [-0.2, 0) is 0 Å². The molecule has 1 aliphatic rings. The second-order valence-corrected chi connectivity index (χ2v) is 5.08. The fourth-order valence-corrected chi connectivity index (χ4v) is 2.41. The molecule has 2 atom stereocenters. The third-order valence-electron chi connectivity index (χ3n) is 3.75. The van der Waals surface area contributed by atoms with Crippen molar-refractivity contribution in [1.82, 2.24) is 4.90 Å². The average molecular weight is 247 g/mol. The summed E-state index contributed by atoms with van der Waals surface area (Å²) in [6, 6.07) is 9.17. The normalized spacial score (nSPS) is 28.7. The van der Waals surface area contributed by atoms with Crippen LogP contribution in [0.5, 0.6) is 0 Å². The first-order valence-electron chi connectivity index (χ1n) is 6.20. The minimum atomic E-state index is -0.659. The first-order valence-corrected chi connectivity index (χ1v) is 6.20. The molecule has 0 aliphatic carbocycles. The maximum atomic E-state index is 13.6. The third-order valence-corrected chi connectivity index (χ3v) is 3.75. The van der Waals surface area contributed by atoms with Crippen LogP contribution in [0.15, 0.2) is 24.3 Å². The lowest BCUT2D eigenvalue weighted by molar-refractivity contribution is 0.167. The molecule has 1 saturated heterocycles. The van der Waals surface area contributed by atoms with Gasteiger partial charge >= 0.3 is 0 Å². The van der Waals surface area contributed by atoms with Gasteiger partial charge in [-0.05, 0) is 38.9 Å². The predicted octanol–water partition coefficient (Wildman–Crippen LogP) is 2.61. The quantitative estimate of drug-likeness (QED) is 0.873. The lowest BCUT2D eigenvalue weighted by Gasteiger charge is -2.41. The number of piperidine rings is 1. The van der Waals surface area contributed by atoms with Crippen LogP contribution in [0.1, 0.15) is 19.8 Å². The molecule has 1 fully saturated rings. The van der Waals surface area contributed by atoms with Gasteiger partial charge in [0, 0.05) is 12.6 Å². The molecule has 0 bridgehead atoms. The van der Waals surface area contributed by atoms with Crippen LogP contribution in [0.3, 0.4) is 0 Å². The predicted molar refractivity (Wildman–Crippen MR) is 69.7 cm³/mol. The number of nitriles is 1. The van der Waals surface area contributed by atoms with E-state index in [4.69, 9.17) is 0 Å². The number of para-hydroxylation sites is 1. The van der Waals surface area contributed by atoms with Gasteiger partial charge in [0.1, 0.15) is 11.4 Å². The van der Waals surface area contributed by atoms with Crippen LogP contribution in [0.2, 0.25) is 0 Å². The van der Waals surface area contributed by atoms with E-state index in [1.807, 2.05) is 0 Å². The topological polar surface area (TPSA) is 39.1 Å². The number of nitrogens with zero attached hydrogens (tertiary/aromatic N) is 2. The smallest absolute Gasteiger partial charge is 0.146 e. The summed E-state index contributed by atoms with van der Waals surface area (Å²) in [5.41, 5.74) is -0.246. The van der Waals surface area contributed by atoms with E-state index in [1.165, 1.54) is 6.07 Å². The van der Waals surface area contributed by atoms with E-state index < -0.39 is 5.54 Å². The highest BCUT2D eigenvalue weighted by Crippen LogP contribution is 2.30. The highest BCUT2D eigenvalue weighted by Gasteiger charge is 2.37. The standard InChI is InChI=1S/C14H18FN3/c1-11-9-14(10-16,7-8-18(11)2)17-13-6-4-3-5-12(13)15/h3-6,11,17H,7-9H2,1-2H3. The van der Waals surface area contributed by atoms with E-state index in [2.05, 4.69) is 30.3 Å². The Balaban J connectivity index is 2.20. The van der Waals surface area contributed by atoms with Gasteiger partial charge in [0.2, 0.25) is 0 Å². The maximum Gasteiger partial charge on any atom is 0.146 e. The van der Waals surface area contributed by atoms with Crippen LogP contribution in [0, 0.1) is 17.1 Å². The van der Waals surface area contributed by atoms with E-state index in [9.17, 15) is 9.65 Å². The minimum Gasteiger partial charge on any atom is -0.365 e. The Labute approximate surface area is 107 Å². The Morgan fingerprint density at radius 3 is 2.83 bits per heavy atom. The molecule has 1 aliphatic heterocycles. The van der Waals surface area contributed by atoms with Gasteiger partial charge in [0.15, 0.2) is 0 Å². The van der Waals surface area contributed by atoms with Crippen molar-refractivity contribution in [2.45, 2.75) is 31.3 Å². The zero-order chi connectivity index (χ0) is 13.2. The number of nitrogens with one attached hydrogen (secondary N) is 1. The van der Waals surface area contributed by atoms with Crippen molar-refractivity contribution < 1.29 is 4.39 Å². The minimum absolute atomic E-state index is 0.307. The SMILES string of the molecule is CC1CC(C#N)(Nc2ccccc2F)CCN1C. The highest BCUT2D eigenvalue weighted by atomic mass is 19.1. The Bertz CT molecular complexity index is 468. The molecule has 0 saturated carbocycles. The number of rotatable bonds is 2. The van der Waals surface area contributed by atoms with E-state index in [-0.39, 0.29) is 5.82 Å². The largest absolute Gasteiger partial charge is 0.365 e. The molecule has 96 valence electrons. The first-order chi connectivity index (χ1) is 8.56. The van der Waals surface area contributed by atoms with Crippen LogP contribution in [-0.4, -0.2) is 30.1 Å². The summed E-state index contributed by atoms with van der Waals surface area (Å²) in [4.78, 5) is 2.22. The van der Waals surface area contributed by atoms with Gasteiger partial charge in [-0.2, -0.15) is 5.26 Å². The van der Waals surface area contributed by atoms with E-state index in [1.54, 1.807) is 18.2 Å². The molecule has 1 N–H and O–H groups in total. The fraction of sp³-hybridized carbons (Fsp3) is 0.500. The van der Waals surface area contributed by atoms with Gasteiger partial charge < -0.3 is 10.2 Å². The summed E-state index contributed by atoms with van der Waals surface area (Å²) >= 11 is 0. The number of likely N-dealkylation sites (tertiary alicyclic amines) is 1. The van der Waals surface area contributed by atoms with Gasteiger partial charge in [-0.25, -0.2) is 4.39 Å². The van der Waals surface area contributed by atoms with Crippen LogP contribution in [0.4, 0.5) is 10.1 Å². The van der Waals surface area contributed by atoms with Crippen molar-refractivity contribution in [2.75, 3.05) is 18.9 Å². The number of halogens is 1. The molecule has 0 radical (unpaired) electrons. The van der Waals surface area contributed by atoms with Crippen molar-refractivity contribution in [2.24, 2.45) is 0 Å². The number of benzene rings is 1. The number of hydrogen-bond acceptors (Lipinski definition) is 3. The Morgan fingerprint density at radius 1 is 1.50 bits per heavy atom. The average Bonchev–Trinajstić information content (AvgIpc) is 2.37. The molecule has 0 amide bonds. The molecule has 2 unspecified atom stereocenters. The van der Waals surface area contributed by atoms with Crippen LogP contribution in [0.25, 0.3) is 0 Å². The summed E-state index contributed by atoms with van der Waals surface area (Å²) < 4.78 is 13.6. The molecule has 0 aromatic heterocycles. The third kappa shape index (κ3) is 2.46. The lowest BCUT2D eigenvalue weighted by Crippen LogP contribution is -2.51. The molecule has 4 heteroatoms. The number of hydrogen-bond donors (Lipinski definition) is 1. The summed E-state index contributed by atoms with van der Waals surface area (Å²) in [7, 11) is 2.05. The monoisotopic (exact) mass is 247 g/mol. The second-order valence-electron chi connectivity index (χ2n) is 5.08. The summed E-state index contributed by atoms with van der Waals surface area (Å²) in [5, 5.41) is 12.5. The second kappa shape index (κ2) is 4.95. The molecule has 3 nitrogen and oxygen atoms in total. The Kier molecular flexibility index (Phi) is 3.53. The fourth-order valence-electron chi connectivity index (χ4n) is 2.41. The highest BCUT2D eigenvalue weighted by molar-refractivity contribution is 5.49. The van der Waals surface area contributed by atoms with Crippen molar-refractivity contribution >= 4 is 5.69 Å². The van der Waals surface area contributed by atoms with Gasteiger partial charge in [0.25, 0.3) is 0 Å². The Hall–Kier alpha value is -1.60. The molecule has 2 rings (SSSR count). The molecule has 1 aromatic carbocycles. The van der Waals surface area contributed by atoms with Gasteiger partial charge in [0.05, 0.1) is 11.8 Å². The maximum absolute atomic E-state index is 13.6. The lowest BCUT2D eigenvalue weighted by atomic mass is 9.85. The van der Waals surface area contributed by atoms with Gasteiger partial charge in [-0.15, -0.1) is 0 Å². The molecule has 1 heterocycles. The summed E-state index contributed by atoms with van der Waals surface area (Å²) in [6.07, 6.45) is 1.41. The summed E-state index contributed by atoms with van der Waals surface area (Å²) in [5.74, 6) is -0.307. The molecular formula is C14H18FN3. The van der Waals surface area contributed by atoms with Crippen LogP contribution >= 0.6 is 0 Å². The van der Waals surface area contributed by atoms with Gasteiger partial charge in [-0.1, -0.05) is 12.1 Å². The molecule has 0 spiro atoms. The van der Waals surface area contributed by atoms with Crippen molar-refractivity contribution in [1.29, 1.82) is 5.26 Å².